The van der Waals surface area contributed by atoms with Crippen molar-refractivity contribution in [2.45, 2.75) is 46.2 Å². The average Bonchev–Trinajstić information content (AvgIpc) is 2.67. The predicted octanol–water partition coefficient (Wildman–Crippen LogP) is 4.15. The molecule has 0 saturated carbocycles. The van der Waals surface area contributed by atoms with Gasteiger partial charge in [0.25, 0.3) is 0 Å². The van der Waals surface area contributed by atoms with Gasteiger partial charge in [0.15, 0.2) is 0 Å². The van der Waals surface area contributed by atoms with E-state index < -0.39 is 0 Å². The second kappa shape index (κ2) is 5.93. The first kappa shape index (κ1) is 14.4. The number of hydrogen-bond donors (Lipinski definition) is 1. The second-order valence-electron chi connectivity index (χ2n) is 5.50. The van der Waals surface area contributed by atoms with Crippen molar-refractivity contribution in [3.8, 4) is 0 Å². The summed E-state index contributed by atoms with van der Waals surface area (Å²) in [4.78, 5) is 4.70. The third-order valence-corrected chi connectivity index (χ3v) is 3.45. The zero-order valence-electron chi connectivity index (χ0n) is 11.9. The van der Waals surface area contributed by atoms with Gasteiger partial charge in [-0.15, -0.1) is 0 Å². The number of nitrogens with zero attached hydrogens (tertiary/aromatic N) is 2. The fraction of sp³-hybridized carbons (Fsp3) is 0.533. The topological polar surface area (TPSA) is 43.8 Å². The van der Waals surface area contributed by atoms with Crippen molar-refractivity contribution >= 4 is 22.6 Å². The molecule has 3 nitrogen and oxygen atoms in total. The van der Waals surface area contributed by atoms with E-state index >= 15 is 0 Å². The van der Waals surface area contributed by atoms with E-state index in [0.717, 1.165) is 41.3 Å². The first-order valence-corrected chi connectivity index (χ1v) is 7.32. The maximum atomic E-state index is 6.27. The molecule has 0 aliphatic carbocycles. The molecule has 1 unspecified atom stereocenters. The van der Waals surface area contributed by atoms with Crippen molar-refractivity contribution in [2.24, 2.45) is 11.7 Å². The van der Waals surface area contributed by atoms with Gasteiger partial charge in [-0.05, 0) is 30.5 Å². The third-order valence-electron chi connectivity index (χ3n) is 3.22. The molecule has 0 aliphatic rings. The Labute approximate surface area is 119 Å². The van der Waals surface area contributed by atoms with Gasteiger partial charge in [0.1, 0.15) is 5.82 Å². The van der Waals surface area contributed by atoms with Gasteiger partial charge in [-0.3, -0.25) is 0 Å². The van der Waals surface area contributed by atoms with E-state index in [4.69, 9.17) is 22.3 Å². The zero-order chi connectivity index (χ0) is 14.0. The van der Waals surface area contributed by atoms with Crippen LogP contribution in [0.5, 0.6) is 0 Å². The van der Waals surface area contributed by atoms with Gasteiger partial charge in [-0.25, -0.2) is 4.98 Å². The molecule has 1 aromatic carbocycles. The molecule has 2 aromatic rings. The molecule has 0 bridgehead atoms. The van der Waals surface area contributed by atoms with E-state index in [1.165, 1.54) is 0 Å². The summed E-state index contributed by atoms with van der Waals surface area (Å²) in [6.45, 7) is 7.49. The Balaban J connectivity index is 2.53. The summed E-state index contributed by atoms with van der Waals surface area (Å²) in [6, 6.07) is 5.86. The molecule has 1 aromatic heterocycles. The van der Waals surface area contributed by atoms with E-state index in [2.05, 4.69) is 25.3 Å². The molecular formula is C15H22ClN3. The number of benzene rings is 1. The molecule has 104 valence electrons. The lowest BCUT2D eigenvalue weighted by atomic mass is 10.1. The molecule has 1 atom stereocenters. The van der Waals surface area contributed by atoms with E-state index in [9.17, 15) is 0 Å². The Hall–Kier alpha value is -1.06. The minimum atomic E-state index is -0.00470. The van der Waals surface area contributed by atoms with Crippen LogP contribution in [0.4, 0.5) is 0 Å². The van der Waals surface area contributed by atoms with Gasteiger partial charge >= 0.3 is 0 Å². The highest BCUT2D eigenvalue weighted by Gasteiger charge is 2.17. The number of imidazole rings is 1. The summed E-state index contributed by atoms with van der Waals surface area (Å²) in [5.74, 6) is 1.54. The summed E-state index contributed by atoms with van der Waals surface area (Å²) >= 11 is 6.05. The molecule has 0 spiro atoms. The lowest BCUT2D eigenvalue weighted by Gasteiger charge is -2.15. The van der Waals surface area contributed by atoms with E-state index in [-0.39, 0.29) is 6.04 Å². The third kappa shape index (κ3) is 3.10. The molecule has 2 N–H and O–H groups in total. The number of nitrogens with two attached hydrogens (primary N) is 1. The Morgan fingerprint density at radius 3 is 2.74 bits per heavy atom. The molecule has 19 heavy (non-hydrogen) atoms. The van der Waals surface area contributed by atoms with Gasteiger partial charge in [0.05, 0.1) is 17.1 Å². The lowest BCUT2D eigenvalue weighted by molar-refractivity contribution is 0.487. The fourth-order valence-electron chi connectivity index (χ4n) is 2.40. The van der Waals surface area contributed by atoms with Gasteiger partial charge in [-0.2, -0.15) is 0 Å². The van der Waals surface area contributed by atoms with Gasteiger partial charge in [-0.1, -0.05) is 38.8 Å². The molecule has 0 amide bonds. The summed E-state index contributed by atoms with van der Waals surface area (Å²) in [7, 11) is 0. The highest BCUT2D eigenvalue weighted by atomic mass is 35.5. The first-order chi connectivity index (χ1) is 9.02. The van der Waals surface area contributed by atoms with Crippen molar-refractivity contribution in [2.75, 3.05) is 0 Å². The van der Waals surface area contributed by atoms with Crippen LogP contribution in [0.1, 0.15) is 45.5 Å². The number of hydrogen-bond acceptors (Lipinski definition) is 2. The molecule has 0 aliphatic heterocycles. The maximum absolute atomic E-state index is 6.27. The van der Waals surface area contributed by atoms with Crippen molar-refractivity contribution in [3.63, 3.8) is 0 Å². The number of rotatable bonds is 5. The number of fused-ring (bicyclic) bond motifs is 1. The smallest absolute Gasteiger partial charge is 0.126 e. The van der Waals surface area contributed by atoms with Crippen LogP contribution in [0.2, 0.25) is 5.02 Å². The van der Waals surface area contributed by atoms with Crippen molar-refractivity contribution in [3.05, 3.63) is 29.0 Å². The summed E-state index contributed by atoms with van der Waals surface area (Å²) in [5.41, 5.74) is 8.33. The van der Waals surface area contributed by atoms with Crippen molar-refractivity contribution in [1.29, 1.82) is 0 Å². The van der Waals surface area contributed by atoms with E-state index in [1.807, 2.05) is 18.2 Å². The minimum absolute atomic E-state index is 0.00470. The van der Waals surface area contributed by atoms with Crippen LogP contribution in [0.25, 0.3) is 11.0 Å². The quantitative estimate of drug-likeness (QED) is 0.894. The molecular weight excluding hydrogens is 258 g/mol. The molecule has 4 heteroatoms. The van der Waals surface area contributed by atoms with Gasteiger partial charge in [0.2, 0.25) is 0 Å². The second-order valence-corrected chi connectivity index (χ2v) is 5.94. The summed E-state index contributed by atoms with van der Waals surface area (Å²) < 4.78 is 2.25. The monoisotopic (exact) mass is 279 g/mol. The van der Waals surface area contributed by atoms with Gasteiger partial charge < -0.3 is 10.3 Å². The van der Waals surface area contributed by atoms with E-state index in [0.29, 0.717) is 5.92 Å². The standard InChI is InChI=1S/C15H22ClN3/c1-4-5-12(17)15-18-13-8-11(16)6-7-14(13)19(15)9-10(2)3/h6-8,10,12H,4-5,9,17H2,1-3H3. The summed E-state index contributed by atoms with van der Waals surface area (Å²) in [6.07, 6.45) is 2.02. The lowest BCUT2D eigenvalue weighted by Crippen LogP contribution is -2.18. The van der Waals surface area contributed by atoms with Crippen molar-refractivity contribution < 1.29 is 0 Å². The molecule has 0 fully saturated rings. The fourth-order valence-corrected chi connectivity index (χ4v) is 2.57. The highest BCUT2D eigenvalue weighted by molar-refractivity contribution is 6.31. The Kier molecular flexibility index (Phi) is 4.48. The average molecular weight is 280 g/mol. The first-order valence-electron chi connectivity index (χ1n) is 6.94. The van der Waals surface area contributed by atoms with Crippen LogP contribution in [0.15, 0.2) is 18.2 Å². The van der Waals surface area contributed by atoms with Crippen LogP contribution in [-0.4, -0.2) is 9.55 Å². The maximum Gasteiger partial charge on any atom is 0.126 e. The molecule has 2 rings (SSSR count). The Morgan fingerprint density at radius 2 is 2.11 bits per heavy atom. The van der Waals surface area contributed by atoms with Gasteiger partial charge in [0, 0.05) is 11.6 Å². The van der Waals surface area contributed by atoms with Crippen molar-refractivity contribution in [1.82, 2.24) is 9.55 Å². The number of aromatic nitrogens is 2. The predicted molar refractivity (Wildman–Crippen MR) is 81.4 cm³/mol. The summed E-state index contributed by atoms with van der Waals surface area (Å²) in [5, 5.41) is 0.720. The molecule has 0 radical (unpaired) electrons. The van der Waals surface area contributed by atoms with Crippen LogP contribution in [0, 0.1) is 5.92 Å². The van der Waals surface area contributed by atoms with Crippen LogP contribution >= 0.6 is 11.6 Å². The van der Waals surface area contributed by atoms with E-state index in [1.54, 1.807) is 0 Å². The minimum Gasteiger partial charge on any atom is -0.326 e. The van der Waals surface area contributed by atoms with Crippen LogP contribution in [-0.2, 0) is 6.54 Å². The Bertz CT molecular complexity index is 560. The highest BCUT2D eigenvalue weighted by Crippen LogP contribution is 2.25. The molecule has 1 heterocycles. The SMILES string of the molecule is CCCC(N)c1nc2cc(Cl)ccc2n1CC(C)C. The molecule has 0 saturated heterocycles. The van der Waals surface area contributed by atoms with Crippen LogP contribution < -0.4 is 5.73 Å². The Morgan fingerprint density at radius 1 is 1.37 bits per heavy atom. The number of halogens is 1. The largest absolute Gasteiger partial charge is 0.326 e. The normalized spacial score (nSPS) is 13.4. The van der Waals surface area contributed by atoms with Crippen LogP contribution in [0.3, 0.4) is 0 Å². The zero-order valence-corrected chi connectivity index (χ0v) is 12.6.